The van der Waals surface area contributed by atoms with Gasteiger partial charge in [0.25, 0.3) is 5.91 Å². The molecule has 2 aliphatic rings. The van der Waals surface area contributed by atoms with Crippen LogP contribution in [-0.4, -0.2) is 42.7 Å². The Balaban J connectivity index is 1.71. The molecule has 2 fully saturated rings. The Morgan fingerprint density at radius 1 is 1.03 bits per heavy atom. The van der Waals surface area contributed by atoms with Crippen LogP contribution >= 0.6 is 0 Å². The molecule has 7 nitrogen and oxygen atoms in total. The highest BCUT2D eigenvalue weighted by Crippen LogP contribution is 2.28. The number of pyridine rings is 1. The Labute approximate surface area is 176 Å². The number of hydrogen-bond acceptors (Lipinski definition) is 4. The van der Waals surface area contributed by atoms with Gasteiger partial charge < -0.3 is 10.3 Å². The molecule has 2 saturated carbocycles. The van der Waals surface area contributed by atoms with Gasteiger partial charge in [-0.15, -0.1) is 0 Å². The number of benzene rings is 1. The molecule has 0 aliphatic heterocycles. The number of H-pyrrole nitrogens is 1. The number of fused-ring (bicyclic) bond motifs is 1. The summed E-state index contributed by atoms with van der Waals surface area (Å²) < 4.78 is 28.0. The number of nitrogens with one attached hydrogen (secondary N) is 2. The van der Waals surface area contributed by atoms with Crippen molar-refractivity contribution in [1.29, 1.82) is 0 Å². The first-order chi connectivity index (χ1) is 14.4. The van der Waals surface area contributed by atoms with Gasteiger partial charge in [0.15, 0.2) is 0 Å². The molecule has 162 valence electrons. The summed E-state index contributed by atoms with van der Waals surface area (Å²) in [5, 5.41) is 3.44. The molecule has 2 N–H and O–H groups in total. The highest BCUT2D eigenvalue weighted by atomic mass is 32.2. The Bertz CT molecular complexity index is 1100. The molecule has 1 aromatic carbocycles. The third-order valence-electron chi connectivity index (χ3n) is 6.52. The second-order valence-corrected chi connectivity index (χ2v) is 10.5. The zero-order valence-electron chi connectivity index (χ0n) is 17.3. The first-order valence-electron chi connectivity index (χ1n) is 10.8. The minimum atomic E-state index is -3.70. The van der Waals surface area contributed by atoms with Crippen LogP contribution in [0, 0.1) is 0 Å². The number of rotatable bonds is 5. The van der Waals surface area contributed by atoms with E-state index in [0.717, 1.165) is 57.8 Å². The van der Waals surface area contributed by atoms with Crippen molar-refractivity contribution >= 4 is 26.8 Å². The second kappa shape index (κ2) is 8.51. The Morgan fingerprint density at radius 3 is 2.40 bits per heavy atom. The fraction of sp³-hybridized carbons (Fsp3) is 0.545. The highest BCUT2D eigenvalue weighted by molar-refractivity contribution is 7.89. The van der Waals surface area contributed by atoms with Gasteiger partial charge >= 0.3 is 0 Å². The number of carbonyl (C=O) groups excluding carboxylic acids is 1. The molecule has 8 heteroatoms. The van der Waals surface area contributed by atoms with E-state index in [-0.39, 0.29) is 34.0 Å². The highest BCUT2D eigenvalue weighted by Gasteiger charge is 2.29. The average molecular weight is 432 g/mol. The summed E-state index contributed by atoms with van der Waals surface area (Å²) >= 11 is 0. The minimum absolute atomic E-state index is 0.000151. The molecule has 0 bridgehead atoms. The maximum atomic E-state index is 13.3. The number of aromatic amines is 1. The lowest BCUT2D eigenvalue weighted by Crippen LogP contribution is -2.38. The Hall–Kier alpha value is -2.19. The van der Waals surface area contributed by atoms with E-state index in [4.69, 9.17) is 0 Å². The second-order valence-electron chi connectivity index (χ2n) is 8.52. The maximum Gasteiger partial charge on any atom is 0.252 e. The van der Waals surface area contributed by atoms with Crippen LogP contribution < -0.4 is 10.9 Å². The zero-order valence-corrected chi connectivity index (χ0v) is 18.1. The standard InChI is InChI=1S/C22H29N3O4S/c1-25(16-9-3-2-4-10-16)30(28,29)17-11-12-20-18(13-17)19(14-21(26)24-20)22(27)23-15-7-5-6-8-15/h11-16H,2-10H2,1H3,(H,23,27)(H,24,26). The Kier molecular flexibility index (Phi) is 5.97. The molecule has 2 aromatic rings. The van der Waals surface area contributed by atoms with Gasteiger partial charge in [0.2, 0.25) is 15.6 Å². The first kappa shape index (κ1) is 21.1. The van der Waals surface area contributed by atoms with E-state index in [9.17, 15) is 18.0 Å². The summed E-state index contributed by atoms with van der Waals surface area (Å²) in [5.41, 5.74) is 0.297. The van der Waals surface area contributed by atoms with E-state index in [1.807, 2.05) is 0 Å². The fourth-order valence-electron chi connectivity index (χ4n) is 4.72. The Morgan fingerprint density at radius 2 is 1.70 bits per heavy atom. The van der Waals surface area contributed by atoms with Crippen molar-refractivity contribution in [3.8, 4) is 0 Å². The summed E-state index contributed by atoms with van der Waals surface area (Å²) in [6.45, 7) is 0. The number of carbonyl (C=O) groups is 1. The first-order valence-corrected chi connectivity index (χ1v) is 12.3. The molecule has 1 heterocycles. The molecule has 2 aliphatic carbocycles. The molecular weight excluding hydrogens is 402 g/mol. The third kappa shape index (κ3) is 4.16. The average Bonchev–Trinajstić information content (AvgIpc) is 3.25. The van der Waals surface area contributed by atoms with E-state index >= 15 is 0 Å². The number of hydrogen-bond donors (Lipinski definition) is 2. The molecule has 0 spiro atoms. The van der Waals surface area contributed by atoms with Crippen molar-refractivity contribution in [2.45, 2.75) is 74.8 Å². The van der Waals surface area contributed by atoms with Gasteiger partial charge in [0.1, 0.15) is 0 Å². The molecule has 0 radical (unpaired) electrons. The monoisotopic (exact) mass is 431 g/mol. The smallest absolute Gasteiger partial charge is 0.252 e. The van der Waals surface area contributed by atoms with Crippen molar-refractivity contribution in [2.75, 3.05) is 7.05 Å². The third-order valence-corrected chi connectivity index (χ3v) is 8.42. The largest absolute Gasteiger partial charge is 0.349 e. The van der Waals surface area contributed by atoms with Gasteiger partial charge in [-0.2, -0.15) is 4.31 Å². The minimum Gasteiger partial charge on any atom is -0.349 e. The SMILES string of the molecule is CN(C1CCCCC1)S(=O)(=O)c1ccc2[nH]c(=O)cc(C(=O)NC3CCCC3)c2c1. The van der Waals surface area contributed by atoms with Gasteiger partial charge in [0, 0.05) is 36.1 Å². The predicted octanol–water partition coefficient (Wildman–Crippen LogP) is 3.15. The normalized spacial score (nSPS) is 18.9. The van der Waals surface area contributed by atoms with Crippen LogP contribution in [0.2, 0.25) is 0 Å². The molecular formula is C22H29N3O4S. The summed E-state index contributed by atoms with van der Waals surface area (Å²) in [6, 6.07) is 5.96. The molecule has 0 unspecified atom stereocenters. The molecule has 4 rings (SSSR count). The zero-order chi connectivity index (χ0) is 21.3. The van der Waals surface area contributed by atoms with Crippen LogP contribution in [0.1, 0.15) is 68.1 Å². The fourth-order valence-corrected chi connectivity index (χ4v) is 6.16. The molecule has 30 heavy (non-hydrogen) atoms. The number of amides is 1. The summed E-state index contributed by atoms with van der Waals surface area (Å²) in [4.78, 5) is 27.8. The van der Waals surface area contributed by atoms with Gasteiger partial charge in [-0.1, -0.05) is 32.1 Å². The number of aromatic nitrogens is 1. The number of sulfonamides is 1. The van der Waals surface area contributed by atoms with Gasteiger partial charge in [-0.3, -0.25) is 9.59 Å². The van der Waals surface area contributed by atoms with E-state index in [2.05, 4.69) is 10.3 Å². The van der Waals surface area contributed by atoms with Crippen molar-refractivity contribution in [1.82, 2.24) is 14.6 Å². The van der Waals surface area contributed by atoms with E-state index < -0.39 is 10.0 Å². The van der Waals surface area contributed by atoms with Crippen molar-refractivity contribution in [2.24, 2.45) is 0 Å². The van der Waals surface area contributed by atoms with Crippen molar-refractivity contribution in [3.63, 3.8) is 0 Å². The molecule has 1 aromatic heterocycles. The van der Waals surface area contributed by atoms with Crippen LogP contribution in [-0.2, 0) is 10.0 Å². The summed E-state index contributed by atoms with van der Waals surface area (Å²) in [7, 11) is -2.06. The molecule has 0 saturated heterocycles. The van der Waals surface area contributed by atoms with Crippen LogP contribution in [0.4, 0.5) is 0 Å². The van der Waals surface area contributed by atoms with E-state index in [0.29, 0.717) is 10.9 Å². The van der Waals surface area contributed by atoms with Gasteiger partial charge in [-0.05, 0) is 43.9 Å². The van der Waals surface area contributed by atoms with Crippen LogP contribution in [0.5, 0.6) is 0 Å². The summed E-state index contributed by atoms with van der Waals surface area (Å²) in [5.74, 6) is -0.326. The van der Waals surface area contributed by atoms with Gasteiger partial charge in [0.05, 0.1) is 10.5 Å². The van der Waals surface area contributed by atoms with Crippen LogP contribution in [0.15, 0.2) is 34.0 Å². The summed E-state index contributed by atoms with van der Waals surface area (Å²) in [6.07, 6.45) is 8.97. The van der Waals surface area contributed by atoms with E-state index in [1.54, 1.807) is 13.1 Å². The quantitative estimate of drug-likeness (QED) is 0.760. The van der Waals surface area contributed by atoms with Gasteiger partial charge in [-0.25, -0.2) is 8.42 Å². The predicted molar refractivity (Wildman–Crippen MR) is 116 cm³/mol. The van der Waals surface area contributed by atoms with E-state index in [1.165, 1.54) is 22.5 Å². The van der Waals surface area contributed by atoms with Crippen molar-refractivity contribution < 1.29 is 13.2 Å². The number of nitrogens with zero attached hydrogens (tertiary/aromatic N) is 1. The maximum absolute atomic E-state index is 13.3. The topological polar surface area (TPSA) is 99.3 Å². The van der Waals surface area contributed by atoms with Crippen LogP contribution in [0.3, 0.4) is 0 Å². The molecule has 0 atom stereocenters. The van der Waals surface area contributed by atoms with Crippen molar-refractivity contribution in [3.05, 3.63) is 40.2 Å². The van der Waals surface area contributed by atoms with Crippen LogP contribution in [0.25, 0.3) is 10.9 Å². The molecule has 1 amide bonds. The lowest BCUT2D eigenvalue weighted by molar-refractivity contribution is 0.0939. The lowest BCUT2D eigenvalue weighted by Gasteiger charge is -2.30. The lowest BCUT2D eigenvalue weighted by atomic mass is 9.96.